The summed E-state index contributed by atoms with van der Waals surface area (Å²) < 4.78 is 19.7. The van der Waals surface area contributed by atoms with Gasteiger partial charge in [0.05, 0.1) is 19.3 Å². The summed E-state index contributed by atoms with van der Waals surface area (Å²) in [4.78, 5) is 28.1. The van der Waals surface area contributed by atoms with Gasteiger partial charge in [0.2, 0.25) is 5.91 Å². The Balaban J connectivity index is 2.17. The summed E-state index contributed by atoms with van der Waals surface area (Å²) >= 11 is 0. The second kappa shape index (κ2) is 8.80. The van der Waals surface area contributed by atoms with Gasteiger partial charge in [-0.2, -0.15) is 0 Å². The molecular formula is C20H29FN2O4. The maximum atomic E-state index is 13.9. The first-order chi connectivity index (χ1) is 12.6. The van der Waals surface area contributed by atoms with Crippen LogP contribution in [-0.2, 0) is 20.9 Å². The van der Waals surface area contributed by atoms with Crippen LogP contribution in [-0.4, -0.2) is 64.6 Å². The number of rotatable bonds is 6. The molecule has 0 unspecified atom stereocenters. The van der Waals surface area contributed by atoms with Crippen molar-refractivity contribution in [2.24, 2.45) is 5.92 Å². The zero-order chi connectivity index (χ0) is 20.2. The highest BCUT2D eigenvalue weighted by Crippen LogP contribution is 2.17. The summed E-state index contributed by atoms with van der Waals surface area (Å²) in [6.45, 7) is 7.78. The van der Waals surface area contributed by atoms with E-state index in [1.807, 2.05) is 13.8 Å². The van der Waals surface area contributed by atoms with Crippen molar-refractivity contribution < 1.29 is 23.8 Å². The number of benzene rings is 1. The predicted molar refractivity (Wildman–Crippen MR) is 99.3 cm³/mol. The van der Waals surface area contributed by atoms with Crippen LogP contribution >= 0.6 is 0 Å². The third kappa shape index (κ3) is 6.01. The lowest BCUT2D eigenvalue weighted by atomic mass is 10.1. The Kier molecular flexibility index (Phi) is 6.95. The fourth-order valence-electron chi connectivity index (χ4n) is 3.07. The number of hydrogen-bond acceptors (Lipinski definition) is 4. The van der Waals surface area contributed by atoms with Crippen molar-refractivity contribution >= 4 is 11.8 Å². The summed E-state index contributed by atoms with van der Waals surface area (Å²) in [5.74, 6) is -0.802. The van der Waals surface area contributed by atoms with Crippen molar-refractivity contribution in [3.63, 3.8) is 0 Å². The van der Waals surface area contributed by atoms with Crippen molar-refractivity contribution in [2.75, 3.05) is 26.2 Å². The van der Waals surface area contributed by atoms with E-state index >= 15 is 0 Å². The van der Waals surface area contributed by atoms with E-state index < -0.39 is 17.6 Å². The Hall–Kier alpha value is -1.99. The molecule has 2 rings (SSSR count). The molecule has 1 aromatic rings. The minimum atomic E-state index is -1.58. The van der Waals surface area contributed by atoms with Crippen LogP contribution in [0.3, 0.4) is 0 Å². The Morgan fingerprint density at radius 3 is 2.59 bits per heavy atom. The monoisotopic (exact) mass is 380 g/mol. The van der Waals surface area contributed by atoms with Crippen molar-refractivity contribution in [3.8, 4) is 0 Å². The van der Waals surface area contributed by atoms with Gasteiger partial charge < -0.3 is 19.6 Å². The Morgan fingerprint density at radius 1 is 1.33 bits per heavy atom. The molecule has 7 heteroatoms. The van der Waals surface area contributed by atoms with Gasteiger partial charge in [0.25, 0.3) is 5.91 Å². The van der Waals surface area contributed by atoms with Gasteiger partial charge >= 0.3 is 0 Å². The van der Waals surface area contributed by atoms with Gasteiger partial charge in [-0.3, -0.25) is 9.59 Å². The summed E-state index contributed by atoms with van der Waals surface area (Å²) in [5, 5.41) is 10.1. The molecule has 150 valence electrons. The Bertz CT molecular complexity index is 672. The zero-order valence-corrected chi connectivity index (χ0v) is 16.4. The molecule has 0 radical (unpaired) electrons. The average Bonchev–Trinajstić information content (AvgIpc) is 2.71. The highest BCUT2D eigenvalue weighted by atomic mass is 19.1. The minimum absolute atomic E-state index is 0.0472. The van der Waals surface area contributed by atoms with Crippen LogP contribution in [0.25, 0.3) is 0 Å². The summed E-state index contributed by atoms with van der Waals surface area (Å²) in [6, 6.07) is 6.35. The predicted octanol–water partition coefficient (Wildman–Crippen LogP) is 1.81. The number of carbonyl (C=O) groups excluding carboxylic acids is 2. The fourth-order valence-corrected chi connectivity index (χ4v) is 3.07. The molecule has 27 heavy (non-hydrogen) atoms. The molecule has 6 nitrogen and oxygen atoms in total. The molecule has 1 aliphatic heterocycles. The SMILES string of the molecule is CC(C)CN1C[C@@H](OCc2ccccc2F)CN(C(=O)C(C)(C)O)CC1=O. The quantitative estimate of drug-likeness (QED) is 0.817. The molecule has 0 spiro atoms. The number of aliphatic hydroxyl groups is 1. The molecule has 0 aliphatic carbocycles. The van der Waals surface area contributed by atoms with Crippen LogP contribution in [0.5, 0.6) is 0 Å². The highest BCUT2D eigenvalue weighted by molar-refractivity contribution is 5.89. The number of carbonyl (C=O) groups is 2. The van der Waals surface area contributed by atoms with Gasteiger partial charge in [-0.25, -0.2) is 4.39 Å². The van der Waals surface area contributed by atoms with Gasteiger partial charge in [0.1, 0.15) is 11.4 Å². The third-order valence-corrected chi connectivity index (χ3v) is 4.36. The summed E-state index contributed by atoms with van der Waals surface area (Å²) in [7, 11) is 0. The molecule has 1 aromatic carbocycles. The first kappa shape index (κ1) is 21.3. The van der Waals surface area contributed by atoms with Gasteiger partial charge in [0.15, 0.2) is 0 Å². The molecule has 0 bridgehead atoms. The first-order valence-electron chi connectivity index (χ1n) is 9.22. The van der Waals surface area contributed by atoms with Crippen LogP contribution in [0.2, 0.25) is 0 Å². The van der Waals surface area contributed by atoms with E-state index in [0.717, 1.165) is 0 Å². The highest BCUT2D eigenvalue weighted by Gasteiger charge is 2.36. The number of nitrogens with zero attached hydrogens (tertiary/aromatic N) is 2. The summed E-state index contributed by atoms with van der Waals surface area (Å²) in [5.41, 5.74) is -1.16. The average molecular weight is 380 g/mol. The maximum Gasteiger partial charge on any atom is 0.254 e. The van der Waals surface area contributed by atoms with E-state index in [1.54, 1.807) is 23.1 Å². The number of ether oxygens (including phenoxy) is 1. The number of hydrogen-bond donors (Lipinski definition) is 1. The van der Waals surface area contributed by atoms with Crippen molar-refractivity contribution in [3.05, 3.63) is 35.6 Å². The van der Waals surface area contributed by atoms with Crippen molar-refractivity contribution in [2.45, 2.75) is 46.0 Å². The van der Waals surface area contributed by atoms with Crippen LogP contribution in [0.1, 0.15) is 33.3 Å². The third-order valence-electron chi connectivity index (χ3n) is 4.36. The van der Waals surface area contributed by atoms with Gasteiger partial charge in [-0.05, 0) is 25.8 Å². The Labute approximate surface area is 159 Å². The minimum Gasteiger partial charge on any atom is -0.381 e. The van der Waals surface area contributed by atoms with Gasteiger partial charge in [-0.1, -0.05) is 32.0 Å². The molecule has 0 saturated carbocycles. The smallest absolute Gasteiger partial charge is 0.254 e. The molecule has 1 atom stereocenters. The summed E-state index contributed by atoms with van der Waals surface area (Å²) in [6.07, 6.45) is -0.471. The molecule has 2 amide bonds. The lowest BCUT2D eigenvalue weighted by Crippen LogP contribution is -2.49. The second-order valence-corrected chi connectivity index (χ2v) is 7.96. The first-order valence-corrected chi connectivity index (χ1v) is 9.22. The van der Waals surface area contributed by atoms with E-state index in [2.05, 4.69) is 0 Å². The zero-order valence-electron chi connectivity index (χ0n) is 16.4. The largest absolute Gasteiger partial charge is 0.381 e. The normalized spacial score (nSPS) is 18.8. The fraction of sp³-hybridized carbons (Fsp3) is 0.600. The van der Waals surface area contributed by atoms with E-state index in [-0.39, 0.29) is 37.3 Å². The van der Waals surface area contributed by atoms with E-state index in [1.165, 1.54) is 24.8 Å². The van der Waals surface area contributed by atoms with E-state index in [9.17, 15) is 19.1 Å². The lowest BCUT2D eigenvalue weighted by molar-refractivity contribution is -0.151. The molecule has 0 aromatic heterocycles. The van der Waals surface area contributed by atoms with Gasteiger partial charge in [0, 0.05) is 25.2 Å². The molecule has 1 fully saturated rings. The standard InChI is InChI=1S/C20H29FN2O4/c1-14(2)9-22-10-16(27-13-15-7-5-6-8-17(15)21)11-23(12-18(22)24)19(25)20(3,4)26/h5-8,14,16,26H,9-13H2,1-4H3/t16-/m1/s1. The van der Waals surface area contributed by atoms with Crippen LogP contribution in [0, 0.1) is 11.7 Å². The van der Waals surface area contributed by atoms with Crippen LogP contribution in [0.15, 0.2) is 24.3 Å². The van der Waals surface area contributed by atoms with Crippen LogP contribution < -0.4 is 0 Å². The Morgan fingerprint density at radius 2 is 2.00 bits per heavy atom. The van der Waals surface area contributed by atoms with E-state index in [0.29, 0.717) is 18.7 Å². The molecule has 1 heterocycles. The number of amides is 2. The van der Waals surface area contributed by atoms with Crippen molar-refractivity contribution in [1.29, 1.82) is 0 Å². The molecule has 1 N–H and O–H groups in total. The van der Waals surface area contributed by atoms with E-state index in [4.69, 9.17) is 4.74 Å². The number of halogens is 1. The lowest BCUT2D eigenvalue weighted by Gasteiger charge is -2.28. The molecule has 1 saturated heterocycles. The molecule has 1 aliphatic rings. The van der Waals surface area contributed by atoms with Gasteiger partial charge in [-0.15, -0.1) is 0 Å². The van der Waals surface area contributed by atoms with Crippen LogP contribution in [0.4, 0.5) is 4.39 Å². The maximum absolute atomic E-state index is 13.9. The topological polar surface area (TPSA) is 70.1 Å². The second-order valence-electron chi connectivity index (χ2n) is 7.96. The molecular weight excluding hydrogens is 351 g/mol. The van der Waals surface area contributed by atoms with Crippen molar-refractivity contribution in [1.82, 2.24) is 9.80 Å².